The van der Waals surface area contributed by atoms with Crippen LogP contribution in [0.1, 0.15) is 21.5 Å². The lowest BCUT2D eigenvalue weighted by Crippen LogP contribution is -2.25. The van der Waals surface area contributed by atoms with Gasteiger partial charge in [-0.25, -0.2) is 0 Å². The maximum Gasteiger partial charge on any atom is 0.255 e. The summed E-state index contributed by atoms with van der Waals surface area (Å²) < 4.78 is 0. The number of rotatable bonds is 4. The number of aryl methyl sites for hydroxylation is 1. The molecule has 0 aliphatic rings. The van der Waals surface area contributed by atoms with Crippen LogP contribution in [0.15, 0.2) is 42.6 Å². The molecule has 0 aliphatic carbocycles. The van der Waals surface area contributed by atoms with Crippen molar-refractivity contribution in [2.24, 2.45) is 0 Å². The highest BCUT2D eigenvalue weighted by atomic mass is 35.5. The molecule has 0 aliphatic heterocycles. The minimum absolute atomic E-state index is 0.00127. The second kappa shape index (κ2) is 6.34. The molecule has 3 N–H and O–H groups in total. The van der Waals surface area contributed by atoms with Gasteiger partial charge in [-0.1, -0.05) is 17.7 Å². The molecule has 4 nitrogen and oxygen atoms in total. The molecular weight excluding hydrogens is 312 g/mol. The summed E-state index contributed by atoms with van der Waals surface area (Å²) in [5.41, 5.74) is 3.31. The van der Waals surface area contributed by atoms with Gasteiger partial charge in [0.2, 0.25) is 0 Å². The molecule has 0 unspecified atom stereocenters. The predicted octanol–water partition coefficient (Wildman–Crippen LogP) is 3.81. The van der Waals surface area contributed by atoms with E-state index in [1.165, 1.54) is 0 Å². The average Bonchev–Trinajstić information content (AvgIpc) is 2.89. The molecule has 0 atom stereocenters. The van der Waals surface area contributed by atoms with Crippen molar-refractivity contribution in [2.45, 2.75) is 13.3 Å². The first kappa shape index (κ1) is 15.4. The van der Waals surface area contributed by atoms with E-state index >= 15 is 0 Å². The van der Waals surface area contributed by atoms with Gasteiger partial charge < -0.3 is 15.4 Å². The van der Waals surface area contributed by atoms with Crippen LogP contribution >= 0.6 is 11.6 Å². The van der Waals surface area contributed by atoms with Crippen LogP contribution in [0.25, 0.3) is 10.9 Å². The molecule has 0 saturated heterocycles. The van der Waals surface area contributed by atoms with Crippen LogP contribution in [-0.4, -0.2) is 22.5 Å². The Morgan fingerprint density at radius 3 is 2.87 bits per heavy atom. The zero-order valence-electron chi connectivity index (χ0n) is 12.7. The van der Waals surface area contributed by atoms with E-state index in [1.54, 1.807) is 18.2 Å². The van der Waals surface area contributed by atoms with E-state index in [0.717, 1.165) is 22.0 Å². The normalized spacial score (nSPS) is 10.9. The summed E-state index contributed by atoms with van der Waals surface area (Å²) in [6.45, 7) is 2.34. The van der Waals surface area contributed by atoms with Gasteiger partial charge in [-0.2, -0.15) is 0 Å². The van der Waals surface area contributed by atoms with E-state index < -0.39 is 0 Å². The number of amides is 1. The van der Waals surface area contributed by atoms with Crippen LogP contribution in [0.2, 0.25) is 5.02 Å². The number of carbonyl (C=O) groups excluding carboxylic acids is 1. The van der Waals surface area contributed by atoms with Gasteiger partial charge in [-0.3, -0.25) is 4.79 Å². The zero-order valence-corrected chi connectivity index (χ0v) is 13.4. The van der Waals surface area contributed by atoms with E-state index in [0.29, 0.717) is 18.0 Å². The Balaban J connectivity index is 1.66. The molecule has 23 heavy (non-hydrogen) atoms. The van der Waals surface area contributed by atoms with Crippen LogP contribution < -0.4 is 5.32 Å². The smallest absolute Gasteiger partial charge is 0.255 e. The number of phenols is 1. The van der Waals surface area contributed by atoms with E-state index in [9.17, 15) is 9.90 Å². The third-order valence-electron chi connectivity index (χ3n) is 3.81. The molecule has 0 spiro atoms. The fourth-order valence-electron chi connectivity index (χ4n) is 2.60. The summed E-state index contributed by atoms with van der Waals surface area (Å²) in [5, 5.41) is 14.4. The molecule has 0 fully saturated rings. The van der Waals surface area contributed by atoms with Crippen molar-refractivity contribution in [1.82, 2.24) is 10.3 Å². The van der Waals surface area contributed by atoms with Crippen LogP contribution in [-0.2, 0) is 6.42 Å². The number of H-pyrrole nitrogens is 1. The molecule has 1 heterocycles. The monoisotopic (exact) mass is 328 g/mol. The summed E-state index contributed by atoms with van der Waals surface area (Å²) in [6.07, 6.45) is 2.61. The van der Waals surface area contributed by atoms with Gasteiger partial charge in [0.25, 0.3) is 5.91 Å². The highest BCUT2D eigenvalue weighted by molar-refractivity contribution is 6.31. The maximum atomic E-state index is 12.1. The number of hydrogen-bond acceptors (Lipinski definition) is 2. The Morgan fingerprint density at radius 2 is 2.09 bits per heavy atom. The van der Waals surface area contributed by atoms with Gasteiger partial charge in [0.05, 0.1) is 5.56 Å². The van der Waals surface area contributed by atoms with Crippen LogP contribution in [0.5, 0.6) is 5.75 Å². The first-order chi connectivity index (χ1) is 11.0. The standard InChI is InChI=1S/C18H17ClN2O2/c1-11-2-4-14(17(22)8-11)18(23)20-7-6-12-10-21-16-5-3-13(19)9-15(12)16/h2-5,8-10,21-22H,6-7H2,1H3,(H,20,23). The van der Waals surface area contributed by atoms with Crippen molar-refractivity contribution in [3.8, 4) is 5.75 Å². The van der Waals surface area contributed by atoms with Gasteiger partial charge in [-0.15, -0.1) is 0 Å². The molecule has 3 rings (SSSR count). The number of nitrogens with one attached hydrogen (secondary N) is 2. The van der Waals surface area contributed by atoms with Gasteiger partial charge in [0.15, 0.2) is 0 Å². The third-order valence-corrected chi connectivity index (χ3v) is 4.04. The first-order valence-corrected chi connectivity index (χ1v) is 7.76. The van der Waals surface area contributed by atoms with Crippen molar-refractivity contribution in [1.29, 1.82) is 0 Å². The number of benzene rings is 2. The third kappa shape index (κ3) is 3.32. The number of carbonyl (C=O) groups is 1. The number of hydrogen-bond donors (Lipinski definition) is 3. The Hall–Kier alpha value is -2.46. The summed E-state index contributed by atoms with van der Waals surface area (Å²) in [7, 11) is 0. The number of aromatic hydroxyl groups is 1. The van der Waals surface area contributed by atoms with E-state index in [1.807, 2.05) is 31.3 Å². The molecule has 2 aromatic carbocycles. The molecule has 0 radical (unpaired) electrons. The number of aromatic amines is 1. The van der Waals surface area contributed by atoms with E-state index in [-0.39, 0.29) is 17.2 Å². The fraction of sp³-hybridized carbons (Fsp3) is 0.167. The lowest BCUT2D eigenvalue weighted by Gasteiger charge is -2.07. The minimum atomic E-state index is -0.277. The molecule has 0 saturated carbocycles. The van der Waals surface area contributed by atoms with Crippen molar-refractivity contribution in [2.75, 3.05) is 6.54 Å². The molecule has 5 heteroatoms. The van der Waals surface area contributed by atoms with Gasteiger partial charge in [-0.05, 0) is 54.8 Å². The largest absolute Gasteiger partial charge is 0.507 e. The minimum Gasteiger partial charge on any atom is -0.507 e. The topological polar surface area (TPSA) is 65.1 Å². The van der Waals surface area contributed by atoms with Crippen molar-refractivity contribution in [3.63, 3.8) is 0 Å². The average molecular weight is 329 g/mol. The molecule has 118 valence electrons. The summed E-state index contributed by atoms with van der Waals surface area (Å²) in [4.78, 5) is 15.3. The first-order valence-electron chi connectivity index (χ1n) is 7.38. The Labute approximate surface area is 139 Å². The molecule has 0 bridgehead atoms. The number of phenolic OH excluding ortho intramolecular Hbond substituents is 1. The number of halogens is 1. The van der Waals surface area contributed by atoms with E-state index in [2.05, 4.69) is 10.3 Å². The predicted molar refractivity (Wildman–Crippen MR) is 92.2 cm³/mol. The number of aromatic nitrogens is 1. The van der Waals surface area contributed by atoms with Crippen LogP contribution in [0.3, 0.4) is 0 Å². The summed E-state index contributed by atoms with van der Waals surface area (Å²) >= 11 is 6.03. The lowest BCUT2D eigenvalue weighted by molar-refractivity contribution is 0.0951. The van der Waals surface area contributed by atoms with Crippen LogP contribution in [0, 0.1) is 6.92 Å². The lowest BCUT2D eigenvalue weighted by atomic mass is 10.1. The van der Waals surface area contributed by atoms with Crippen molar-refractivity contribution in [3.05, 3.63) is 64.3 Å². The second-order valence-corrected chi connectivity index (χ2v) is 5.97. The fourth-order valence-corrected chi connectivity index (χ4v) is 2.77. The molecule has 3 aromatic rings. The molecular formula is C18H17ClN2O2. The van der Waals surface area contributed by atoms with Gasteiger partial charge in [0.1, 0.15) is 5.75 Å². The van der Waals surface area contributed by atoms with Crippen molar-refractivity contribution < 1.29 is 9.90 Å². The quantitative estimate of drug-likeness (QED) is 0.682. The highest BCUT2D eigenvalue weighted by Crippen LogP contribution is 2.23. The SMILES string of the molecule is Cc1ccc(C(=O)NCCc2c[nH]c3ccc(Cl)cc23)c(O)c1. The summed E-state index contributed by atoms with van der Waals surface area (Å²) in [5.74, 6) is -0.276. The second-order valence-electron chi connectivity index (χ2n) is 5.53. The molecule has 1 amide bonds. The Bertz CT molecular complexity index is 871. The van der Waals surface area contributed by atoms with Crippen LogP contribution in [0.4, 0.5) is 0 Å². The summed E-state index contributed by atoms with van der Waals surface area (Å²) in [6, 6.07) is 10.7. The van der Waals surface area contributed by atoms with Gasteiger partial charge >= 0.3 is 0 Å². The maximum absolute atomic E-state index is 12.1. The number of fused-ring (bicyclic) bond motifs is 1. The zero-order chi connectivity index (χ0) is 16.4. The van der Waals surface area contributed by atoms with E-state index in [4.69, 9.17) is 11.6 Å². The highest BCUT2D eigenvalue weighted by Gasteiger charge is 2.11. The van der Waals surface area contributed by atoms with Gasteiger partial charge in [0, 0.05) is 28.7 Å². The van der Waals surface area contributed by atoms with Crippen molar-refractivity contribution >= 4 is 28.4 Å². The Kier molecular flexibility index (Phi) is 4.26. The molecule has 1 aromatic heterocycles. The Morgan fingerprint density at radius 1 is 1.26 bits per heavy atom.